The maximum absolute atomic E-state index is 12.1. The SMILES string of the molecule is C/C=C\NC(C)CC(C)[C@H]1NC(=O)c2cccc(C)c21. The van der Waals surface area contributed by atoms with E-state index in [1.807, 2.05) is 31.3 Å². The van der Waals surface area contributed by atoms with Gasteiger partial charge in [-0.25, -0.2) is 0 Å². The normalized spacial score (nSPS) is 20.6. The third-order valence-electron chi connectivity index (χ3n) is 4.01. The van der Waals surface area contributed by atoms with Gasteiger partial charge in [-0.15, -0.1) is 0 Å². The van der Waals surface area contributed by atoms with Gasteiger partial charge in [0, 0.05) is 11.6 Å². The van der Waals surface area contributed by atoms with Gasteiger partial charge in [-0.3, -0.25) is 4.79 Å². The second-order valence-corrected chi connectivity index (χ2v) is 5.77. The standard InChI is InChI=1S/C17H24N2O/c1-5-9-18-13(4)10-12(3)16-15-11(2)7-6-8-14(15)17(20)19-16/h5-9,12-13,16,18H,10H2,1-4H3,(H,19,20)/b9-5-/t12?,13?,16-/m1/s1. The second kappa shape index (κ2) is 6.12. The van der Waals surface area contributed by atoms with E-state index in [1.54, 1.807) is 0 Å². The summed E-state index contributed by atoms with van der Waals surface area (Å²) in [5, 5.41) is 6.48. The molecule has 1 aromatic carbocycles. The number of hydrogen-bond acceptors (Lipinski definition) is 2. The fourth-order valence-electron chi connectivity index (χ4n) is 3.03. The smallest absolute Gasteiger partial charge is 0.252 e. The van der Waals surface area contributed by atoms with Crippen LogP contribution in [0.15, 0.2) is 30.5 Å². The van der Waals surface area contributed by atoms with Crippen molar-refractivity contribution >= 4 is 5.91 Å². The van der Waals surface area contributed by atoms with E-state index in [0.29, 0.717) is 12.0 Å². The summed E-state index contributed by atoms with van der Waals surface area (Å²) in [5.41, 5.74) is 3.23. The molecule has 1 heterocycles. The van der Waals surface area contributed by atoms with Gasteiger partial charge in [0.25, 0.3) is 5.91 Å². The molecular formula is C17H24N2O. The average molecular weight is 272 g/mol. The molecule has 2 rings (SSSR count). The number of hydrogen-bond donors (Lipinski definition) is 2. The maximum atomic E-state index is 12.1. The Hall–Kier alpha value is -1.77. The molecule has 0 saturated heterocycles. The van der Waals surface area contributed by atoms with Crippen molar-refractivity contribution < 1.29 is 4.79 Å². The van der Waals surface area contributed by atoms with Crippen molar-refractivity contribution in [1.82, 2.24) is 10.6 Å². The van der Waals surface area contributed by atoms with E-state index < -0.39 is 0 Å². The summed E-state index contributed by atoms with van der Waals surface area (Å²) >= 11 is 0. The van der Waals surface area contributed by atoms with Gasteiger partial charge >= 0.3 is 0 Å². The van der Waals surface area contributed by atoms with Crippen LogP contribution in [0.4, 0.5) is 0 Å². The molecule has 3 nitrogen and oxygen atoms in total. The summed E-state index contributed by atoms with van der Waals surface area (Å²) in [5.74, 6) is 0.462. The number of allylic oxidation sites excluding steroid dienone is 1. The summed E-state index contributed by atoms with van der Waals surface area (Å²) in [6.07, 6.45) is 4.99. The van der Waals surface area contributed by atoms with Gasteiger partial charge in [0.05, 0.1) is 6.04 Å². The topological polar surface area (TPSA) is 41.1 Å². The summed E-state index contributed by atoms with van der Waals surface area (Å²) in [6.45, 7) is 8.46. The molecule has 20 heavy (non-hydrogen) atoms. The molecule has 1 amide bonds. The van der Waals surface area contributed by atoms with E-state index in [9.17, 15) is 4.79 Å². The van der Waals surface area contributed by atoms with Gasteiger partial charge in [-0.2, -0.15) is 0 Å². The molecule has 0 saturated carbocycles. The van der Waals surface area contributed by atoms with Gasteiger partial charge in [0.2, 0.25) is 0 Å². The van der Waals surface area contributed by atoms with Crippen LogP contribution in [0.2, 0.25) is 0 Å². The summed E-state index contributed by atoms with van der Waals surface area (Å²) in [6, 6.07) is 6.49. The van der Waals surface area contributed by atoms with E-state index in [-0.39, 0.29) is 11.9 Å². The Morgan fingerprint density at radius 2 is 2.15 bits per heavy atom. The van der Waals surface area contributed by atoms with Gasteiger partial charge in [0.15, 0.2) is 0 Å². The lowest BCUT2D eigenvalue weighted by Gasteiger charge is -2.24. The highest BCUT2D eigenvalue weighted by atomic mass is 16.2. The molecule has 0 spiro atoms. The van der Waals surface area contributed by atoms with Crippen LogP contribution >= 0.6 is 0 Å². The molecule has 1 aliphatic rings. The average Bonchev–Trinajstić information content (AvgIpc) is 2.75. The minimum Gasteiger partial charge on any atom is -0.389 e. The molecule has 1 aliphatic heterocycles. The first kappa shape index (κ1) is 14.6. The molecule has 3 atom stereocenters. The molecule has 3 heteroatoms. The van der Waals surface area contributed by atoms with Crippen LogP contribution in [-0.4, -0.2) is 11.9 Å². The quantitative estimate of drug-likeness (QED) is 0.863. The van der Waals surface area contributed by atoms with Crippen LogP contribution in [0.3, 0.4) is 0 Å². The Labute approximate surface area is 121 Å². The molecule has 0 radical (unpaired) electrons. The summed E-state index contributed by atoms with van der Waals surface area (Å²) in [7, 11) is 0. The lowest BCUT2D eigenvalue weighted by Crippen LogP contribution is -2.30. The van der Waals surface area contributed by atoms with Crippen LogP contribution < -0.4 is 10.6 Å². The van der Waals surface area contributed by atoms with Crippen molar-refractivity contribution in [2.75, 3.05) is 0 Å². The molecule has 0 aliphatic carbocycles. The molecule has 2 N–H and O–H groups in total. The molecule has 0 bridgehead atoms. The Morgan fingerprint density at radius 3 is 2.85 bits per heavy atom. The highest BCUT2D eigenvalue weighted by Gasteiger charge is 2.33. The fourth-order valence-corrected chi connectivity index (χ4v) is 3.03. The number of carbonyl (C=O) groups excluding carboxylic acids is 1. The third kappa shape index (κ3) is 2.87. The van der Waals surface area contributed by atoms with Crippen LogP contribution in [0.25, 0.3) is 0 Å². The molecule has 108 valence electrons. The highest BCUT2D eigenvalue weighted by molar-refractivity contribution is 5.99. The maximum Gasteiger partial charge on any atom is 0.252 e. The number of benzene rings is 1. The van der Waals surface area contributed by atoms with Crippen LogP contribution in [0.1, 0.15) is 54.7 Å². The van der Waals surface area contributed by atoms with Crippen molar-refractivity contribution in [3.8, 4) is 0 Å². The van der Waals surface area contributed by atoms with Crippen molar-refractivity contribution in [1.29, 1.82) is 0 Å². The van der Waals surface area contributed by atoms with Crippen LogP contribution in [0, 0.1) is 12.8 Å². The lowest BCUT2D eigenvalue weighted by atomic mass is 9.88. The first-order chi connectivity index (χ1) is 9.54. The Bertz CT molecular complexity index is 522. The van der Waals surface area contributed by atoms with Gasteiger partial charge in [-0.1, -0.05) is 25.1 Å². The van der Waals surface area contributed by atoms with E-state index in [1.165, 1.54) is 11.1 Å². The largest absolute Gasteiger partial charge is 0.389 e. The highest BCUT2D eigenvalue weighted by Crippen LogP contribution is 2.35. The van der Waals surface area contributed by atoms with E-state index in [2.05, 4.69) is 37.5 Å². The number of amides is 1. The number of aryl methyl sites for hydroxylation is 1. The minimum absolute atomic E-state index is 0.0645. The number of carbonyl (C=O) groups is 1. The Morgan fingerprint density at radius 1 is 1.40 bits per heavy atom. The zero-order chi connectivity index (χ0) is 14.7. The summed E-state index contributed by atoms with van der Waals surface area (Å²) in [4.78, 5) is 12.1. The van der Waals surface area contributed by atoms with Gasteiger partial charge in [-0.05, 0) is 56.5 Å². The number of nitrogens with one attached hydrogen (secondary N) is 2. The zero-order valence-electron chi connectivity index (χ0n) is 12.7. The minimum atomic E-state index is 0.0645. The molecule has 0 fully saturated rings. The van der Waals surface area contributed by atoms with Crippen molar-refractivity contribution in [2.45, 2.75) is 46.2 Å². The van der Waals surface area contributed by atoms with Crippen molar-refractivity contribution in [3.05, 3.63) is 47.2 Å². The Balaban J connectivity index is 2.13. The number of fused-ring (bicyclic) bond motifs is 1. The predicted octanol–water partition coefficient (Wildman–Crippen LogP) is 3.32. The van der Waals surface area contributed by atoms with Crippen LogP contribution in [-0.2, 0) is 0 Å². The predicted molar refractivity (Wildman–Crippen MR) is 82.6 cm³/mol. The first-order valence-corrected chi connectivity index (χ1v) is 7.32. The number of rotatable bonds is 5. The van der Waals surface area contributed by atoms with Gasteiger partial charge < -0.3 is 10.6 Å². The van der Waals surface area contributed by atoms with Crippen LogP contribution in [0.5, 0.6) is 0 Å². The zero-order valence-corrected chi connectivity index (χ0v) is 12.7. The molecule has 1 aromatic rings. The fraction of sp³-hybridized carbons (Fsp3) is 0.471. The van der Waals surface area contributed by atoms with Gasteiger partial charge in [0.1, 0.15) is 0 Å². The van der Waals surface area contributed by atoms with E-state index >= 15 is 0 Å². The van der Waals surface area contributed by atoms with Crippen molar-refractivity contribution in [2.24, 2.45) is 5.92 Å². The van der Waals surface area contributed by atoms with E-state index in [0.717, 1.165) is 12.0 Å². The second-order valence-electron chi connectivity index (χ2n) is 5.77. The molecular weight excluding hydrogens is 248 g/mol. The summed E-state index contributed by atoms with van der Waals surface area (Å²) < 4.78 is 0. The molecule has 0 aromatic heterocycles. The third-order valence-corrected chi connectivity index (χ3v) is 4.01. The van der Waals surface area contributed by atoms with Crippen molar-refractivity contribution in [3.63, 3.8) is 0 Å². The molecule has 2 unspecified atom stereocenters. The Kier molecular flexibility index (Phi) is 4.48. The van der Waals surface area contributed by atoms with E-state index in [4.69, 9.17) is 0 Å². The first-order valence-electron chi connectivity index (χ1n) is 7.32. The monoisotopic (exact) mass is 272 g/mol. The lowest BCUT2D eigenvalue weighted by molar-refractivity contribution is 0.0945.